The topological polar surface area (TPSA) is 41.9 Å². The summed E-state index contributed by atoms with van der Waals surface area (Å²) in [5.74, 6) is 2.30. The number of anilines is 1. The van der Waals surface area contributed by atoms with Crippen LogP contribution in [0.4, 0.5) is 5.82 Å². The fourth-order valence-corrected chi connectivity index (χ4v) is 2.90. The minimum Gasteiger partial charge on any atom is -0.357 e. The average Bonchev–Trinajstić information content (AvgIpc) is 3.11. The lowest BCUT2D eigenvalue weighted by molar-refractivity contribution is 0.853. The molecule has 2 aromatic heterocycles. The molecule has 19 heavy (non-hydrogen) atoms. The van der Waals surface area contributed by atoms with Crippen molar-refractivity contribution in [3.8, 4) is 11.4 Å². The van der Waals surface area contributed by atoms with Gasteiger partial charge >= 0.3 is 0 Å². The first kappa shape index (κ1) is 12.5. The van der Waals surface area contributed by atoms with E-state index in [-0.39, 0.29) is 0 Å². The van der Waals surface area contributed by atoms with Gasteiger partial charge in [0, 0.05) is 30.8 Å². The normalized spacial score (nSPS) is 15.4. The number of pyridine rings is 1. The van der Waals surface area contributed by atoms with Crippen LogP contribution < -0.4 is 4.90 Å². The molecule has 5 heteroatoms. The second kappa shape index (κ2) is 5.25. The maximum atomic E-state index is 4.56. The highest BCUT2D eigenvalue weighted by atomic mass is 32.1. The largest absolute Gasteiger partial charge is 0.357 e. The van der Waals surface area contributed by atoms with E-state index < -0.39 is 0 Å². The molecule has 4 nitrogen and oxygen atoms in total. The molecular weight excluding hydrogens is 256 g/mol. The molecule has 0 N–H and O–H groups in total. The van der Waals surface area contributed by atoms with Crippen LogP contribution in [0.2, 0.25) is 0 Å². The average molecular weight is 274 g/mol. The van der Waals surface area contributed by atoms with Crippen LogP contribution in [0.1, 0.15) is 37.6 Å². The summed E-state index contributed by atoms with van der Waals surface area (Å²) in [5, 5.41) is 1.08. The van der Waals surface area contributed by atoms with Crippen LogP contribution in [0.15, 0.2) is 18.3 Å². The number of rotatable bonds is 3. The first-order chi connectivity index (χ1) is 9.24. The summed E-state index contributed by atoms with van der Waals surface area (Å²) in [4.78, 5) is 11.4. The highest BCUT2D eigenvalue weighted by Crippen LogP contribution is 2.24. The fourth-order valence-electron chi connectivity index (χ4n) is 2.24. The van der Waals surface area contributed by atoms with Crippen molar-refractivity contribution in [3.05, 3.63) is 23.3 Å². The van der Waals surface area contributed by atoms with Gasteiger partial charge in [-0.05, 0) is 36.5 Å². The molecular formula is C14H18N4S. The summed E-state index contributed by atoms with van der Waals surface area (Å²) in [6.07, 6.45) is 4.43. The zero-order valence-electron chi connectivity index (χ0n) is 11.3. The molecule has 0 unspecified atom stereocenters. The van der Waals surface area contributed by atoms with Crippen LogP contribution in [0.5, 0.6) is 0 Å². The molecule has 0 saturated carbocycles. The Bertz CT molecular complexity index is 541. The Kier molecular flexibility index (Phi) is 3.46. The molecule has 0 atom stereocenters. The van der Waals surface area contributed by atoms with Crippen LogP contribution in [0.25, 0.3) is 11.4 Å². The number of aromatic nitrogens is 3. The third-order valence-electron chi connectivity index (χ3n) is 3.37. The van der Waals surface area contributed by atoms with E-state index in [0.717, 1.165) is 35.3 Å². The Labute approximate surface area is 117 Å². The van der Waals surface area contributed by atoms with Crippen LogP contribution >= 0.6 is 11.5 Å². The molecule has 0 aliphatic carbocycles. The molecule has 1 fully saturated rings. The zero-order chi connectivity index (χ0) is 13.2. The van der Waals surface area contributed by atoms with Gasteiger partial charge in [-0.25, -0.2) is 9.97 Å². The van der Waals surface area contributed by atoms with Crippen molar-refractivity contribution in [1.82, 2.24) is 14.3 Å². The SMILES string of the molecule is CC(C)c1nc(-c2ccc(N3CCCC3)nc2)ns1. The molecule has 1 aliphatic rings. The van der Waals surface area contributed by atoms with Gasteiger partial charge in [0.15, 0.2) is 5.82 Å². The third-order valence-corrected chi connectivity index (χ3v) is 4.39. The van der Waals surface area contributed by atoms with Gasteiger partial charge in [0.25, 0.3) is 0 Å². The molecule has 3 rings (SSSR count). The minimum atomic E-state index is 0.433. The van der Waals surface area contributed by atoms with E-state index in [1.54, 1.807) is 0 Å². The van der Waals surface area contributed by atoms with Gasteiger partial charge in [-0.2, -0.15) is 4.37 Å². The maximum Gasteiger partial charge on any atom is 0.174 e. The zero-order valence-corrected chi connectivity index (χ0v) is 12.2. The van der Waals surface area contributed by atoms with E-state index in [1.807, 2.05) is 6.20 Å². The standard InChI is InChI=1S/C14H18N4S/c1-10(2)14-16-13(17-19-14)11-5-6-12(15-9-11)18-7-3-4-8-18/h5-6,9-10H,3-4,7-8H2,1-2H3. The maximum absolute atomic E-state index is 4.56. The van der Waals surface area contributed by atoms with Gasteiger partial charge in [-0.3, -0.25) is 0 Å². The number of hydrogen-bond donors (Lipinski definition) is 0. The Morgan fingerprint density at radius 2 is 2.00 bits per heavy atom. The molecule has 3 heterocycles. The summed E-state index contributed by atoms with van der Waals surface area (Å²) < 4.78 is 4.41. The number of hydrogen-bond acceptors (Lipinski definition) is 5. The van der Waals surface area contributed by atoms with Crippen molar-refractivity contribution in [2.75, 3.05) is 18.0 Å². The molecule has 100 valence electrons. The quantitative estimate of drug-likeness (QED) is 0.861. The second-order valence-corrected chi connectivity index (χ2v) is 5.99. The van der Waals surface area contributed by atoms with Crippen LogP contribution in [-0.4, -0.2) is 27.4 Å². The van der Waals surface area contributed by atoms with E-state index in [9.17, 15) is 0 Å². The van der Waals surface area contributed by atoms with Crippen molar-refractivity contribution in [2.24, 2.45) is 0 Å². The van der Waals surface area contributed by atoms with Gasteiger partial charge in [-0.15, -0.1) is 0 Å². The molecule has 1 saturated heterocycles. The van der Waals surface area contributed by atoms with Gasteiger partial charge in [0.05, 0.1) is 0 Å². The van der Waals surface area contributed by atoms with E-state index in [1.165, 1.54) is 24.4 Å². The lowest BCUT2D eigenvalue weighted by Gasteiger charge is -2.15. The van der Waals surface area contributed by atoms with Crippen molar-refractivity contribution in [2.45, 2.75) is 32.6 Å². The fraction of sp³-hybridized carbons (Fsp3) is 0.500. The molecule has 2 aromatic rings. The van der Waals surface area contributed by atoms with Crippen LogP contribution in [0.3, 0.4) is 0 Å². The van der Waals surface area contributed by atoms with Gasteiger partial charge in [-0.1, -0.05) is 13.8 Å². The van der Waals surface area contributed by atoms with Gasteiger partial charge < -0.3 is 4.90 Å². The van der Waals surface area contributed by atoms with Gasteiger partial charge in [0.1, 0.15) is 10.8 Å². The Morgan fingerprint density at radius 1 is 1.21 bits per heavy atom. The Balaban J connectivity index is 1.81. The summed E-state index contributed by atoms with van der Waals surface area (Å²) in [5.41, 5.74) is 1.01. The molecule has 0 radical (unpaired) electrons. The lowest BCUT2D eigenvalue weighted by atomic mass is 10.2. The van der Waals surface area contributed by atoms with Crippen molar-refractivity contribution < 1.29 is 0 Å². The summed E-state index contributed by atoms with van der Waals surface area (Å²) in [7, 11) is 0. The highest BCUT2D eigenvalue weighted by molar-refractivity contribution is 7.05. The van der Waals surface area contributed by atoms with Crippen molar-refractivity contribution in [1.29, 1.82) is 0 Å². The number of nitrogens with zero attached hydrogens (tertiary/aromatic N) is 4. The van der Waals surface area contributed by atoms with Crippen LogP contribution in [0, 0.1) is 0 Å². The minimum absolute atomic E-state index is 0.433. The first-order valence-corrected chi connectivity index (χ1v) is 7.56. The van der Waals surface area contributed by atoms with E-state index in [4.69, 9.17) is 0 Å². The predicted molar refractivity (Wildman–Crippen MR) is 78.7 cm³/mol. The molecule has 0 amide bonds. The third kappa shape index (κ3) is 2.61. The Morgan fingerprint density at radius 3 is 2.58 bits per heavy atom. The predicted octanol–water partition coefficient (Wildman–Crippen LogP) is 3.32. The van der Waals surface area contributed by atoms with E-state index >= 15 is 0 Å². The lowest BCUT2D eigenvalue weighted by Crippen LogP contribution is -2.18. The van der Waals surface area contributed by atoms with E-state index in [2.05, 4.69) is 45.2 Å². The summed E-state index contributed by atoms with van der Waals surface area (Å²) in [6.45, 7) is 6.52. The monoisotopic (exact) mass is 274 g/mol. The molecule has 0 spiro atoms. The highest BCUT2D eigenvalue weighted by Gasteiger charge is 2.14. The molecule has 1 aliphatic heterocycles. The van der Waals surface area contributed by atoms with Crippen molar-refractivity contribution in [3.63, 3.8) is 0 Å². The summed E-state index contributed by atoms with van der Waals surface area (Å²) in [6, 6.07) is 4.16. The first-order valence-electron chi connectivity index (χ1n) is 6.79. The second-order valence-electron chi connectivity index (χ2n) is 5.21. The van der Waals surface area contributed by atoms with Crippen molar-refractivity contribution >= 4 is 17.4 Å². The van der Waals surface area contributed by atoms with Gasteiger partial charge in [0.2, 0.25) is 0 Å². The Hall–Kier alpha value is -1.49. The molecule has 0 aromatic carbocycles. The summed E-state index contributed by atoms with van der Waals surface area (Å²) >= 11 is 1.48. The smallest absolute Gasteiger partial charge is 0.174 e. The molecule has 0 bridgehead atoms. The van der Waals surface area contributed by atoms with E-state index in [0.29, 0.717) is 5.92 Å². The van der Waals surface area contributed by atoms with Crippen LogP contribution in [-0.2, 0) is 0 Å².